The molecule has 0 aromatic heterocycles. The van der Waals surface area contributed by atoms with Crippen LogP contribution in [-0.2, 0) is 9.13 Å². The molecule has 0 bridgehead atoms. The molecule has 1 rings (SSSR count). The van der Waals surface area contributed by atoms with Crippen LogP contribution < -0.4 is 4.90 Å². The van der Waals surface area contributed by atoms with Crippen molar-refractivity contribution >= 4 is 15.2 Å². The summed E-state index contributed by atoms with van der Waals surface area (Å²) in [6, 6.07) is -0.269. The van der Waals surface area contributed by atoms with Crippen LogP contribution in [0, 0.1) is 12.8 Å². The number of hydrogen-bond acceptors (Lipinski definition) is 2. The Morgan fingerprint density at radius 1 is 1.29 bits per heavy atom. The molecule has 1 aliphatic heterocycles. The van der Waals surface area contributed by atoms with Crippen molar-refractivity contribution in [2.45, 2.75) is 31.3 Å². The molecule has 5 N–H and O–H groups in total. The standard InChI is InChI=1S/C8H17NO6P2/c1-2-7-5-3-4-6-9(7)8(16(10,11)12)17(13,14)15/h3,5,7-8H,2,4,6H2,1H3,(H2,10,11,12)(H2,13,14,15)/p+1. The van der Waals surface area contributed by atoms with E-state index >= 15 is 0 Å². The van der Waals surface area contributed by atoms with Gasteiger partial charge in [-0.1, -0.05) is 6.92 Å². The highest BCUT2D eigenvalue weighted by atomic mass is 31.2. The molecule has 2 unspecified atom stereocenters. The molecule has 9 heteroatoms. The normalized spacial score (nSPS) is 27.4. The maximum atomic E-state index is 11.3. The maximum absolute atomic E-state index is 11.3. The lowest BCUT2D eigenvalue weighted by atomic mass is 10.0. The van der Waals surface area contributed by atoms with Crippen LogP contribution in [0.2, 0.25) is 0 Å². The summed E-state index contributed by atoms with van der Waals surface area (Å²) >= 11 is 0. The number of piperidine rings is 1. The predicted octanol–water partition coefficient (Wildman–Crippen LogP) is -0.899. The fraction of sp³-hybridized carbons (Fsp3) is 0.750. The zero-order chi connectivity index (χ0) is 13.3. The molecule has 0 aliphatic carbocycles. The van der Waals surface area contributed by atoms with Gasteiger partial charge in [-0.05, 0) is 12.8 Å². The Balaban J connectivity index is 3.05. The van der Waals surface area contributed by atoms with Crippen molar-refractivity contribution in [1.82, 2.24) is 0 Å². The summed E-state index contributed by atoms with van der Waals surface area (Å²) in [7, 11) is -9.70. The molecule has 0 saturated carbocycles. The Morgan fingerprint density at radius 2 is 1.82 bits per heavy atom. The zero-order valence-electron chi connectivity index (χ0n) is 9.43. The molecule has 1 aliphatic rings. The van der Waals surface area contributed by atoms with Crippen LogP contribution in [-0.4, -0.2) is 37.7 Å². The Hall–Kier alpha value is 0.260. The smallest absolute Gasteiger partial charge is 0.320 e. The molecular weight excluding hydrogens is 268 g/mol. The summed E-state index contributed by atoms with van der Waals surface area (Å²) in [6.45, 7) is 2.13. The first-order chi connectivity index (χ1) is 7.68. The monoisotopic (exact) mass is 286 g/mol. The highest BCUT2D eigenvalue weighted by Gasteiger charge is 2.53. The molecule has 1 saturated heterocycles. The van der Waals surface area contributed by atoms with Crippen LogP contribution in [0.3, 0.4) is 0 Å². The Bertz CT molecular complexity index is 328. The van der Waals surface area contributed by atoms with E-state index in [1.807, 2.05) is 13.3 Å². The third-order valence-corrected chi connectivity index (χ3v) is 6.60. The minimum atomic E-state index is -4.85. The van der Waals surface area contributed by atoms with Gasteiger partial charge in [0.1, 0.15) is 0 Å². The van der Waals surface area contributed by atoms with Gasteiger partial charge in [0.25, 0.3) is 5.52 Å². The fourth-order valence-electron chi connectivity index (χ4n) is 2.17. The van der Waals surface area contributed by atoms with Crippen molar-refractivity contribution in [3.63, 3.8) is 0 Å². The summed E-state index contributed by atoms with van der Waals surface area (Å²) in [5.74, 6) is 0. The van der Waals surface area contributed by atoms with Crippen LogP contribution in [0.15, 0.2) is 0 Å². The molecule has 0 amide bonds. The van der Waals surface area contributed by atoms with E-state index in [0.717, 1.165) is 0 Å². The molecule has 2 atom stereocenters. The van der Waals surface area contributed by atoms with Gasteiger partial charge in [0.15, 0.2) is 0 Å². The molecule has 100 valence electrons. The van der Waals surface area contributed by atoms with Gasteiger partial charge in [0.2, 0.25) is 0 Å². The van der Waals surface area contributed by atoms with Gasteiger partial charge in [0, 0.05) is 12.8 Å². The lowest BCUT2D eigenvalue weighted by Gasteiger charge is -2.37. The van der Waals surface area contributed by atoms with E-state index in [2.05, 4.69) is 0 Å². The second kappa shape index (κ2) is 5.49. The molecule has 0 aromatic rings. The summed E-state index contributed by atoms with van der Waals surface area (Å²) < 4.78 is 22.6. The third-order valence-electron chi connectivity index (χ3n) is 2.85. The molecule has 17 heavy (non-hydrogen) atoms. The van der Waals surface area contributed by atoms with Gasteiger partial charge in [-0.25, -0.2) is 0 Å². The quantitative estimate of drug-likeness (QED) is 0.427. The first kappa shape index (κ1) is 15.3. The summed E-state index contributed by atoms with van der Waals surface area (Å²) in [5.41, 5.74) is -1.95. The number of rotatable bonds is 4. The van der Waals surface area contributed by atoms with Crippen molar-refractivity contribution in [2.24, 2.45) is 0 Å². The minimum Gasteiger partial charge on any atom is -0.320 e. The first-order valence-corrected chi connectivity index (χ1v) is 8.67. The SMILES string of the molecule is CCC1[CH][CH]CC[NH+]1C(P(=O)(O)O)P(=O)(O)O. The highest BCUT2D eigenvalue weighted by Crippen LogP contribution is 2.56. The van der Waals surface area contributed by atoms with Gasteiger partial charge < -0.3 is 24.5 Å². The van der Waals surface area contributed by atoms with Gasteiger partial charge in [0.05, 0.1) is 12.6 Å². The number of likely N-dealkylation sites (tertiary alicyclic amines) is 1. The van der Waals surface area contributed by atoms with Crippen LogP contribution in [0.25, 0.3) is 0 Å². The Kier molecular flexibility index (Phi) is 4.95. The van der Waals surface area contributed by atoms with E-state index < -0.39 is 20.7 Å². The summed E-state index contributed by atoms with van der Waals surface area (Å²) in [6.07, 6.45) is 4.76. The lowest BCUT2D eigenvalue weighted by Crippen LogP contribution is -3.19. The molecular formula is C8H18NO6P2+. The number of nitrogens with one attached hydrogen (secondary N) is 1. The van der Waals surface area contributed by atoms with Crippen molar-refractivity contribution in [3.05, 3.63) is 12.8 Å². The number of quaternary nitrogens is 1. The second-order valence-electron chi connectivity index (χ2n) is 4.11. The average molecular weight is 286 g/mol. The maximum Gasteiger partial charge on any atom is 0.395 e. The predicted molar refractivity (Wildman–Crippen MR) is 61.0 cm³/mol. The van der Waals surface area contributed by atoms with Crippen LogP contribution in [0.4, 0.5) is 0 Å². The molecule has 1 heterocycles. The van der Waals surface area contributed by atoms with Gasteiger partial charge >= 0.3 is 15.2 Å². The molecule has 0 spiro atoms. The van der Waals surface area contributed by atoms with Crippen molar-refractivity contribution in [1.29, 1.82) is 0 Å². The van der Waals surface area contributed by atoms with Crippen molar-refractivity contribution in [2.75, 3.05) is 6.54 Å². The average Bonchev–Trinajstić information content (AvgIpc) is 2.14. The van der Waals surface area contributed by atoms with E-state index in [-0.39, 0.29) is 10.9 Å². The molecule has 0 aromatic carbocycles. The Morgan fingerprint density at radius 3 is 2.24 bits per heavy atom. The van der Waals surface area contributed by atoms with E-state index in [0.29, 0.717) is 19.4 Å². The first-order valence-electron chi connectivity index (χ1n) is 5.30. The largest absolute Gasteiger partial charge is 0.395 e. The van der Waals surface area contributed by atoms with Crippen LogP contribution in [0.5, 0.6) is 0 Å². The van der Waals surface area contributed by atoms with E-state index in [1.165, 1.54) is 0 Å². The van der Waals surface area contributed by atoms with Crippen molar-refractivity contribution < 1.29 is 33.6 Å². The fourth-order valence-corrected chi connectivity index (χ4v) is 5.24. The number of hydrogen-bond donors (Lipinski definition) is 5. The van der Waals surface area contributed by atoms with E-state index in [9.17, 15) is 9.13 Å². The van der Waals surface area contributed by atoms with Crippen LogP contribution in [0.1, 0.15) is 19.8 Å². The second-order valence-corrected chi connectivity index (χ2v) is 7.90. The summed E-state index contributed by atoms with van der Waals surface area (Å²) in [4.78, 5) is 36.9. The van der Waals surface area contributed by atoms with Gasteiger partial charge in [-0.3, -0.25) is 9.13 Å². The van der Waals surface area contributed by atoms with E-state index in [1.54, 1.807) is 6.42 Å². The topological polar surface area (TPSA) is 120 Å². The van der Waals surface area contributed by atoms with Gasteiger partial charge in [-0.2, -0.15) is 0 Å². The minimum absolute atomic E-state index is 0.269. The van der Waals surface area contributed by atoms with Crippen LogP contribution >= 0.6 is 15.2 Å². The zero-order valence-corrected chi connectivity index (χ0v) is 11.2. The molecule has 2 radical (unpaired) electrons. The van der Waals surface area contributed by atoms with Crippen molar-refractivity contribution in [3.8, 4) is 0 Å². The lowest BCUT2D eigenvalue weighted by molar-refractivity contribution is -0.924. The third kappa shape index (κ3) is 3.86. The van der Waals surface area contributed by atoms with Gasteiger partial charge in [-0.15, -0.1) is 0 Å². The van der Waals surface area contributed by atoms with E-state index in [4.69, 9.17) is 19.6 Å². The summed E-state index contributed by atoms with van der Waals surface area (Å²) in [5, 5.41) is 0. The highest BCUT2D eigenvalue weighted by molar-refractivity contribution is 7.70. The molecule has 7 nitrogen and oxygen atoms in total. The Labute approximate surface area is 100 Å². The molecule has 1 fully saturated rings.